The van der Waals surface area contributed by atoms with Gasteiger partial charge in [-0.25, -0.2) is 0 Å². The van der Waals surface area contributed by atoms with Crippen LogP contribution in [0, 0.1) is 0 Å². The fourth-order valence-corrected chi connectivity index (χ4v) is 1.93. The Morgan fingerprint density at radius 3 is 2.65 bits per heavy atom. The van der Waals surface area contributed by atoms with Crippen molar-refractivity contribution >= 4 is 11.9 Å². The minimum Gasteiger partial charge on any atom is -0.464 e. The van der Waals surface area contributed by atoms with Gasteiger partial charge >= 0.3 is 6.01 Å². The summed E-state index contributed by atoms with van der Waals surface area (Å²) in [5.41, 5.74) is 0. The maximum atomic E-state index is 5.43. The number of hydrogen-bond donors (Lipinski definition) is 1. The van der Waals surface area contributed by atoms with Crippen molar-refractivity contribution in [1.82, 2.24) is 15.0 Å². The van der Waals surface area contributed by atoms with E-state index in [1.807, 2.05) is 13.8 Å². The van der Waals surface area contributed by atoms with E-state index in [0.29, 0.717) is 37.2 Å². The maximum absolute atomic E-state index is 5.43. The number of rotatable bonds is 9. The number of anilines is 2. The topological polar surface area (TPSA) is 72.4 Å². The van der Waals surface area contributed by atoms with E-state index in [9.17, 15) is 0 Å². The second kappa shape index (κ2) is 7.23. The second-order valence-corrected chi connectivity index (χ2v) is 4.62. The Kier molecular flexibility index (Phi) is 5.34. The van der Waals surface area contributed by atoms with E-state index < -0.39 is 0 Å². The summed E-state index contributed by atoms with van der Waals surface area (Å²) in [5.74, 6) is 1.22. The van der Waals surface area contributed by atoms with Gasteiger partial charge < -0.3 is 19.7 Å². The molecule has 7 nitrogen and oxygen atoms in total. The fraction of sp³-hybridized carbons (Fsp3) is 0.769. The van der Waals surface area contributed by atoms with Crippen molar-refractivity contribution in [2.75, 3.05) is 43.6 Å². The normalized spacial score (nSPS) is 14.2. The van der Waals surface area contributed by atoms with Crippen molar-refractivity contribution in [1.29, 1.82) is 0 Å². The highest BCUT2D eigenvalue weighted by Crippen LogP contribution is 2.30. The summed E-state index contributed by atoms with van der Waals surface area (Å²) >= 11 is 0. The van der Waals surface area contributed by atoms with Crippen LogP contribution in [0.4, 0.5) is 11.9 Å². The highest BCUT2D eigenvalue weighted by molar-refractivity contribution is 5.40. The van der Waals surface area contributed by atoms with Crippen LogP contribution in [-0.4, -0.2) is 54.4 Å². The molecule has 1 N–H and O–H groups in total. The molecule has 2 rings (SSSR count). The van der Waals surface area contributed by atoms with Crippen molar-refractivity contribution in [3.63, 3.8) is 0 Å². The number of hydrogen-bond acceptors (Lipinski definition) is 7. The first-order valence-electron chi connectivity index (χ1n) is 7.16. The van der Waals surface area contributed by atoms with E-state index >= 15 is 0 Å². The molecule has 0 unspecified atom stereocenters. The van der Waals surface area contributed by atoms with Gasteiger partial charge in [-0.2, -0.15) is 15.0 Å². The van der Waals surface area contributed by atoms with Gasteiger partial charge in [0.1, 0.15) is 0 Å². The molecule has 0 aliphatic heterocycles. The summed E-state index contributed by atoms with van der Waals surface area (Å²) in [5, 5.41) is 3.12. The minimum atomic E-state index is 0.372. The number of methoxy groups -OCH3 is 1. The van der Waals surface area contributed by atoms with Crippen LogP contribution in [-0.2, 0) is 4.74 Å². The molecule has 1 fully saturated rings. The molecule has 112 valence electrons. The first kappa shape index (κ1) is 14.8. The molecule has 7 heteroatoms. The van der Waals surface area contributed by atoms with Crippen LogP contribution in [0.1, 0.15) is 26.7 Å². The number of aromatic nitrogens is 3. The van der Waals surface area contributed by atoms with E-state index in [0.717, 1.165) is 13.1 Å². The lowest BCUT2D eigenvalue weighted by atomic mass is 10.5. The third kappa shape index (κ3) is 3.93. The van der Waals surface area contributed by atoms with Gasteiger partial charge in [0.2, 0.25) is 11.9 Å². The monoisotopic (exact) mass is 281 g/mol. The number of nitrogens with zero attached hydrogens (tertiary/aromatic N) is 4. The van der Waals surface area contributed by atoms with Crippen molar-refractivity contribution in [3.05, 3.63) is 0 Å². The molecule has 0 bridgehead atoms. The molecule has 1 aromatic heterocycles. The standard InChI is InChI=1S/C13H23N5O2/c1-4-14-11-15-12(17-13(16-11)20-5-2)18(8-9-19-3)10-6-7-10/h10H,4-9H2,1-3H3,(H,14,15,16,17). The molecule has 1 aliphatic carbocycles. The first-order chi connectivity index (χ1) is 9.78. The quantitative estimate of drug-likeness (QED) is 0.731. The third-order valence-corrected chi connectivity index (χ3v) is 2.99. The first-order valence-corrected chi connectivity index (χ1v) is 7.16. The zero-order chi connectivity index (χ0) is 14.4. The zero-order valence-corrected chi connectivity index (χ0v) is 12.4. The van der Waals surface area contributed by atoms with Crippen LogP contribution in [0.2, 0.25) is 0 Å². The average Bonchev–Trinajstić information content (AvgIpc) is 3.24. The lowest BCUT2D eigenvalue weighted by Gasteiger charge is -2.22. The highest BCUT2D eigenvalue weighted by Gasteiger charge is 2.31. The molecule has 20 heavy (non-hydrogen) atoms. The van der Waals surface area contributed by atoms with Crippen molar-refractivity contribution in [2.45, 2.75) is 32.7 Å². The van der Waals surface area contributed by atoms with Gasteiger partial charge in [0, 0.05) is 26.2 Å². The Morgan fingerprint density at radius 2 is 2.05 bits per heavy atom. The van der Waals surface area contributed by atoms with Gasteiger partial charge in [0.25, 0.3) is 0 Å². The lowest BCUT2D eigenvalue weighted by molar-refractivity contribution is 0.204. The molecule has 1 heterocycles. The Bertz CT molecular complexity index is 401. The fourth-order valence-electron chi connectivity index (χ4n) is 1.93. The van der Waals surface area contributed by atoms with E-state index in [4.69, 9.17) is 9.47 Å². The van der Waals surface area contributed by atoms with Crippen LogP contribution < -0.4 is 15.0 Å². The van der Waals surface area contributed by atoms with Gasteiger partial charge in [-0.3, -0.25) is 0 Å². The van der Waals surface area contributed by atoms with Crippen molar-refractivity contribution in [3.8, 4) is 6.01 Å². The smallest absolute Gasteiger partial charge is 0.323 e. The highest BCUT2D eigenvalue weighted by atomic mass is 16.5. The van der Waals surface area contributed by atoms with Crippen LogP contribution in [0.25, 0.3) is 0 Å². The zero-order valence-electron chi connectivity index (χ0n) is 12.4. The van der Waals surface area contributed by atoms with Gasteiger partial charge in [0.05, 0.1) is 13.2 Å². The second-order valence-electron chi connectivity index (χ2n) is 4.62. The molecule has 1 saturated carbocycles. The average molecular weight is 281 g/mol. The van der Waals surface area contributed by atoms with E-state index in [2.05, 4.69) is 25.2 Å². The Morgan fingerprint density at radius 1 is 1.25 bits per heavy atom. The molecule has 0 atom stereocenters. The summed E-state index contributed by atoms with van der Waals surface area (Å²) in [6, 6.07) is 0.882. The predicted octanol–water partition coefficient (Wildman–Crippen LogP) is 1.32. The molecule has 0 radical (unpaired) electrons. The Hall–Kier alpha value is -1.63. The van der Waals surface area contributed by atoms with Crippen LogP contribution >= 0.6 is 0 Å². The number of ether oxygens (including phenoxy) is 2. The molecule has 0 amide bonds. The summed E-state index contributed by atoms with van der Waals surface area (Å²) in [4.78, 5) is 15.3. The summed E-state index contributed by atoms with van der Waals surface area (Å²) in [6.07, 6.45) is 2.35. The Labute approximate surface area is 119 Å². The van der Waals surface area contributed by atoms with E-state index in [1.165, 1.54) is 12.8 Å². The van der Waals surface area contributed by atoms with Crippen molar-refractivity contribution in [2.24, 2.45) is 0 Å². The molecular weight excluding hydrogens is 258 g/mol. The maximum Gasteiger partial charge on any atom is 0.323 e. The molecular formula is C13H23N5O2. The lowest BCUT2D eigenvalue weighted by Crippen LogP contribution is -2.31. The van der Waals surface area contributed by atoms with Crippen LogP contribution in [0.3, 0.4) is 0 Å². The third-order valence-electron chi connectivity index (χ3n) is 2.99. The minimum absolute atomic E-state index is 0.372. The molecule has 0 saturated heterocycles. The predicted molar refractivity (Wildman–Crippen MR) is 77.4 cm³/mol. The van der Waals surface area contributed by atoms with Crippen LogP contribution in [0.15, 0.2) is 0 Å². The van der Waals surface area contributed by atoms with Gasteiger partial charge in [-0.05, 0) is 26.7 Å². The number of nitrogens with one attached hydrogen (secondary N) is 1. The van der Waals surface area contributed by atoms with Gasteiger partial charge in [0.15, 0.2) is 0 Å². The molecule has 1 aliphatic rings. The SMILES string of the molecule is CCNc1nc(OCC)nc(N(CCOC)C2CC2)n1. The van der Waals surface area contributed by atoms with Gasteiger partial charge in [-0.1, -0.05) is 0 Å². The summed E-state index contributed by atoms with van der Waals surface area (Å²) < 4.78 is 10.6. The Balaban J connectivity index is 2.21. The van der Waals surface area contributed by atoms with Crippen molar-refractivity contribution < 1.29 is 9.47 Å². The van der Waals surface area contributed by atoms with Crippen LogP contribution in [0.5, 0.6) is 6.01 Å². The molecule has 0 spiro atoms. The molecule has 1 aromatic rings. The molecule has 0 aromatic carbocycles. The van der Waals surface area contributed by atoms with E-state index in [-0.39, 0.29) is 0 Å². The summed E-state index contributed by atoms with van der Waals surface area (Å²) in [6.45, 7) is 6.66. The van der Waals surface area contributed by atoms with Gasteiger partial charge in [-0.15, -0.1) is 0 Å². The largest absolute Gasteiger partial charge is 0.464 e. The van der Waals surface area contributed by atoms with E-state index in [1.54, 1.807) is 7.11 Å². The summed E-state index contributed by atoms with van der Waals surface area (Å²) in [7, 11) is 1.70.